The van der Waals surface area contributed by atoms with Crippen molar-refractivity contribution in [3.05, 3.63) is 54.0 Å². The van der Waals surface area contributed by atoms with Gasteiger partial charge in [0.25, 0.3) is 0 Å². The van der Waals surface area contributed by atoms with Gasteiger partial charge in [0.1, 0.15) is 0 Å². The maximum atomic E-state index is 11.5. The predicted octanol–water partition coefficient (Wildman–Crippen LogP) is 3.22. The van der Waals surface area contributed by atoms with Crippen LogP contribution in [0.2, 0.25) is 0 Å². The SMILES string of the molecule is CCOC(=O)CCc1cnn(-c2cc(C)cc(Nc3nccc(OC)n3)c2)c1. The number of methoxy groups -OCH3 is 1. The minimum absolute atomic E-state index is 0.199. The minimum Gasteiger partial charge on any atom is -0.481 e. The van der Waals surface area contributed by atoms with Crippen molar-refractivity contribution in [3.8, 4) is 11.6 Å². The average Bonchev–Trinajstić information content (AvgIpc) is 3.15. The molecule has 3 aromatic rings. The van der Waals surface area contributed by atoms with Gasteiger partial charge in [0.05, 0.1) is 25.6 Å². The summed E-state index contributed by atoms with van der Waals surface area (Å²) in [5.41, 5.74) is 3.77. The van der Waals surface area contributed by atoms with Crippen molar-refractivity contribution in [2.45, 2.75) is 26.7 Å². The lowest BCUT2D eigenvalue weighted by molar-refractivity contribution is -0.143. The lowest BCUT2D eigenvalue weighted by Gasteiger charge is -2.10. The van der Waals surface area contributed by atoms with Crippen molar-refractivity contribution in [1.82, 2.24) is 19.7 Å². The molecule has 0 aliphatic heterocycles. The van der Waals surface area contributed by atoms with E-state index in [4.69, 9.17) is 9.47 Å². The molecule has 0 spiro atoms. The van der Waals surface area contributed by atoms with E-state index in [2.05, 4.69) is 20.4 Å². The van der Waals surface area contributed by atoms with Gasteiger partial charge in [0, 0.05) is 30.6 Å². The van der Waals surface area contributed by atoms with Crippen LogP contribution in [0.4, 0.5) is 11.6 Å². The smallest absolute Gasteiger partial charge is 0.306 e. The molecule has 0 saturated carbocycles. The Hall–Kier alpha value is -3.42. The second kappa shape index (κ2) is 8.98. The molecule has 0 amide bonds. The van der Waals surface area contributed by atoms with Crippen LogP contribution in [-0.2, 0) is 16.0 Å². The number of anilines is 2. The van der Waals surface area contributed by atoms with E-state index >= 15 is 0 Å². The summed E-state index contributed by atoms with van der Waals surface area (Å²) in [5.74, 6) is 0.741. The van der Waals surface area contributed by atoms with Crippen LogP contribution in [0.3, 0.4) is 0 Å². The molecular formula is C20H23N5O3. The summed E-state index contributed by atoms with van der Waals surface area (Å²) in [6.07, 6.45) is 6.24. The van der Waals surface area contributed by atoms with Crippen molar-refractivity contribution in [2.75, 3.05) is 19.0 Å². The van der Waals surface area contributed by atoms with E-state index in [9.17, 15) is 4.79 Å². The molecule has 2 aromatic heterocycles. The van der Waals surface area contributed by atoms with Gasteiger partial charge in [0.2, 0.25) is 11.8 Å². The van der Waals surface area contributed by atoms with Gasteiger partial charge in [-0.15, -0.1) is 0 Å². The first kappa shape index (κ1) is 19.3. The lowest BCUT2D eigenvalue weighted by Crippen LogP contribution is -2.04. The van der Waals surface area contributed by atoms with Crippen LogP contribution in [0, 0.1) is 6.92 Å². The van der Waals surface area contributed by atoms with Gasteiger partial charge < -0.3 is 14.8 Å². The maximum Gasteiger partial charge on any atom is 0.306 e. The molecule has 3 rings (SSSR count). The van der Waals surface area contributed by atoms with Gasteiger partial charge in [-0.05, 0) is 49.6 Å². The highest BCUT2D eigenvalue weighted by atomic mass is 16.5. The number of hydrogen-bond acceptors (Lipinski definition) is 7. The van der Waals surface area contributed by atoms with Crippen LogP contribution in [0.25, 0.3) is 5.69 Å². The summed E-state index contributed by atoms with van der Waals surface area (Å²) < 4.78 is 11.9. The summed E-state index contributed by atoms with van der Waals surface area (Å²) in [7, 11) is 1.56. The topological polar surface area (TPSA) is 91.2 Å². The molecule has 1 N–H and O–H groups in total. The molecule has 0 aliphatic rings. The van der Waals surface area contributed by atoms with Crippen molar-refractivity contribution in [1.29, 1.82) is 0 Å². The van der Waals surface area contributed by atoms with E-state index in [0.717, 1.165) is 22.5 Å². The Kier molecular flexibility index (Phi) is 6.21. The zero-order valence-electron chi connectivity index (χ0n) is 16.2. The molecule has 0 aliphatic carbocycles. The number of aryl methyl sites for hydroxylation is 2. The number of nitrogens with one attached hydrogen (secondary N) is 1. The van der Waals surface area contributed by atoms with Crippen LogP contribution in [-0.4, -0.2) is 39.4 Å². The largest absolute Gasteiger partial charge is 0.481 e. The molecule has 0 atom stereocenters. The van der Waals surface area contributed by atoms with E-state index < -0.39 is 0 Å². The predicted molar refractivity (Wildman–Crippen MR) is 105 cm³/mol. The number of hydrogen-bond donors (Lipinski definition) is 1. The first-order valence-corrected chi connectivity index (χ1v) is 9.02. The molecule has 8 heteroatoms. The third-order valence-electron chi connectivity index (χ3n) is 3.98. The summed E-state index contributed by atoms with van der Waals surface area (Å²) >= 11 is 0. The van der Waals surface area contributed by atoms with E-state index in [1.807, 2.05) is 31.3 Å². The third-order valence-corrected chi connectivity index (χ3v) is 3.98. The second-order valence-corrected chi connectivity index (χ2v) is 6.20. The highest BCUT2D eigenvalue weighted by Crippen LogP contribution is 2.21. The van der Waals surface area contributed by atoms with Gasteiger partial charge in [0.15, 0.2) is 0 Å². The van der Waals surface area contributed by atoms with Crippen molar-refractivity contribution in [2.24, 2.45) is 0 Å². The summed E-state index contributed by atoms with van der Waals surface area (Å²) in [5, 5.41) is 7.60. The number of ether oxygens (including phenoxy) is 2. The number of carbonyl (C=O) groups is 1. The number of nitrogens with zero attached hydrogens (tertiary/aromatic N) is 4. The van der Waals surface area contributed by atoms with E-state index in [1.165, 1.54) is 0 Å². The number of benzene rings is 1. The molecule has 0 unspecified atom stereocenters. The Morgan fingerprint density at radius 1 is 1.29 bits per heavy atom. The molecule has 0 fully saturated rings. The molecule has 28 heavy (non-hydrogen) atoms. The summed E-state index contributed by atoms with van der Waals surface area (Å²) in [4.78, 5) is 20.0. The van der Waals surface area contributed by atoms with Crippen molar-refractivity contribution in [3.63, 3.8) is 0 Å². The monoisotopic (exact) mass is 381 g/mol. The normalized spacial score (nSPS) is 10.5. The first-order valence-electron chi connectivity index (χ1n) is 9.02. The molecule has 0 bridgehead atoms. The fraction of sp³-hybridized carbons (Fsp3) is 0.300. The molecule has 1 aromatic carbocycles. The second-order valence-electron chi connectivity index (χ2n) is 6.20. The van der Waals surface area contributed by atoms with Gasteiger partial charge in [-0.2, -0.15) is 10.1 Å². The van der Waals surface area contributed by atoms with Crippen LogP contribution in [0.1, 0.15) is 24.5 Å². The number of esters is 1. The van der Waals surface area contributed by atoms with E-state index in [0.29, 0.717) is 31.3 Å². The maximum absolute atomic E-state index is 11.5. The van der Waals surface area contributed by atoms with E-state index in [-0.39, 0.29) is 5.97 Å². The highest BCUT2D eigenvalue weighted by Gasteiger charge is 2.08. The van der Waals surface area contributed by atoms with Crippen molar-refractivity contribution < 1.29 is 14.3 Å². The zero-order valence-corrected chi connectivity index (χ0v) is 16.2. The highest BCUT2D eigenvalue weighted by molar-refractivity contribution is 5.69. The Morgan fingerprint density at radius 3 is 2.93 bits per heavy atom. The molecule has 8 nitrogen and oxygen atoms in total. The number of carbonyl (C=O) groups excluding carboxylic acids is 1. The average molecular weight is 381 g/mol. The molecular weight excluding hydrogens is 358 g/mol. The zero-order chi connectivity index (χ0) is 19.9. The standard InChI is InChI=1S/C20H23N5O3/c1-4-28-19(26)6-5-15-12-22-25(13-15)17-10-14(2)9-16(11-17)23-20-21-8-7-18(24-20)27-3/h7-13H,4-6H2,1-3H3,(H,21,23,24). The molecule has 146 valence electrons. The van der Waals surface area contributed by atoms with E-state index in [1.54, 1.807) is 37.2 Å². The molecule has 0 radical (unpaired) electrons. The molecule has 0 saturated heterocycles. The fourth-order valence-electron chi connectivity index (χ4n) is 2.72. The first-order chi connectivity index (χ1) is 13.6. The minimum atomic E-state index is -0.199. The summed E-state index contributed by atoms with van der Waals surface area (Å²) in [6.45, 7) is 4.20. The van der Waals surface area contributed by atoms with Gasteiger partial charge in [-0.25, -0.2) is 9.67 Å². The lowest BCUT2D eigenvalue weighted by atomic mass is 10.2. The quantitative estimate of drug-likeness (QED) is 0.599. The van der Waals surface area contributed by atoms with Gasteiger partial charge >= 0.3 is 5.97 Å². The summed E-state index contributed by atoms with van der Waals surface area (Å²) in [6, 6.07) is 7.67. The Balaban J connectivity index is 1.75. The van der Waals surface area contributed by atoms with Crippen molar-refractivity contribution >= 4 is 17.6 Å². The fourth-order valence-corrected chi connectivity index (χ4v) is 2.72. The third kappa shape index (κ3) is 5.06. The van der Waals surface area contributed by atoms with Crippen LogP contribution >= 0.6 is 0 Å². The van der Waals surface area contributed by atoms with Crippen LogP contribution in [0.5, 0.6) is 5.88 Å². The molecule has 2 heterocycles. The van der Waals surface area contributed by atoms with Gasteiger partial charge in [-0.3, -0.25) is 4.79 Å². The number of aromatic nitrogens is 4. The number of rotatable bonds is 8. The Bertz CT molecular complexity index is 955. The Labute approximate surface area is 163 Å². The van der Waals surface area contributed by atoms with Crippen LogP contribution in [0.15, 0.2) is 42.9 Å². The van der Waals surface area contributed by atoms with Gasteiger partial charge in [-0.1, -0.05) is 0 Å². The Morgan fingerprint density at radius 2 is 2.14 bits per heavy atom. The van der Waals surface area contributed by atoms with Crippen LogP contribution < -0.4 is 10.1 Å².